The molecular formula is C16H15ClN2O7S2. The molecule has 0 aliphatic rings. The van der Waals surface area contributed by atoms with Gasteiger partial charge < -0.3 is 9.64 Å². The van der Waals surface area contributed by atoms with Crippen LogP contribution in [0.3, 0.4) is 0 Å². The molecule has 0 aliphatic heterocycles. The molecule has 0 bridgehead atoms. The van der Waals surface area contributed by atoms with Crippen molar-refractivity contribution < 1.29 is 27.7 Å². The average Bonchev–Trinajstić information content (AvgIpc) is 3.02. The number of hydrogen-bond donors (Lipinski definition) is 0. The molecular weight excluding hydrogens is 432 g/mol. The zero-order valence-corrected chi connectivity index (χ0v) is 17.1. The van der Waals surface area contributed by atoms with Crippen molar-refractivity contribution in [1.29, 1.82) is 0 Å². The minimum absolute atomic E-state index is 0.236. The van der Waals surface area contributed by atoms with Gasteiger partial charge in [-0.1, -0.05) is 11.6 Å². The number of amides is 1. The number of carbonyl (C=O) groups is 2. The van der Waals surface area contributed by atoms with E-state index in [1.165, 1.54) is 23.3 Å². The Labute approximate surface area is 169 Å². The maximum absolute atomic E-state index is 12.1. The summed E-state index contributed by atoms with van der Waals surface area (Å²) in [4.78, 5) is 36.0. The van der Waals surface area contributed by atoms with E-state index in [1.807, 2.05) is 0 Å². The van der Waals surface area contributed by atoms with Gasteiger partial charge in [0.25, 0.3) is 11.6 Å². The van der Waals surface area contributed by atoms with Gasteiger partial charge >= 0.3 is 5.97 Å². The van der Waals surface area contributed by atoms with Gasteiger partial charge in [0.15, 0.2) is 16.4 Å². The fourth-order valence-electron chi connectivity index (χ4n) is 2.18. The minimum atomic E-state index is -3.85. The molecule has 2 aromatic rings. The third kappa shape index (κ3) is 5.50. The lowest BCUT2D eigenvalue weighted by atomic mass is 10.2. The van der Waals surface area contributed by atoms with Gasteiger partial charge in [-0.05, 0) is 24.3 Å². The van der Waals surface area contributed by atoms with Crippen LogP contribution in [0.2, 0.25) is 4.34 Å². The molecule has 1 amide bonds. The summed E-state index contributed by atoms with van der Waals surface area (Å²) in [7, 11) is -2.33. The molecule has 0 aliphatic carbocycles. The predicted octanol–water partition coefficient (Wildman–Crippen LogP) is 2.53. The van der Waals surface area contributed by atoms with E-state index in [0.717, 1.165) is 29.3 Å². The SMILES string of the molecule is CN(Cc1ccc(Cl)s1)C(=O)COC(=O)c1ccc(S(C)(=O)=O)c([N+](=O)[O-])c1. The highest BCUT2D eigenvalue weighted by Crippen LogP contribution is 2.25. The number of carbonyl (C=O) groups excluding carboxylic acids is 2. The van der Waals surface area contributed by atoms with E-state index in [0.29, 0.717) is 4.34 Å². The zero-order valence-electron chi connectivity index (χ0n) is 14.7. The van der Waals surface area contributed by atoms with Crippen molar-refractivity contribution >= 4 is 50.3 Å². The van der Waals surface area contributed by atoms with Crippen molar-refractivity contribution in [3.63, 3.8) is 0 Å². The molecule has 28 heavy (non-hydrogen) atoms. The smallest absolute Gasteiger partial charge is 0.338 e. The number of nitro benzene ring substituents is 1. The van der Waals surface area contributed by atoms with Gasteiger partial charge in [0.1, 0.15) is 4.90 Å². The zero-order chi connectivity index (χ0) is 21.1. The number of hydrogen-bond acceptors (Lipinski definition) is 8. The van der Waals surface area contributed by atoms with Crippen LogP contribution in [-0.4, -0.2) is 50.0 Å². The molecule has 9 nitrogen and oxygen atoms in total. The maximum Gasteiger partial charge on any atom is 0.338 e. The van der Waals surface area contributed by atoms with Gasteiger partial charge in [-0.15, -0.1) is 11.3 Å². The number of thiophene rings is 1. The topological polar surface area (TPSA) is 124 Å². The quantitative estimate of drug-likeness (QED) is 0.363. The summed E-state index contributed by atoms with van der Waals surface area (Å²) in [6.45, 7) is -0.293. The Morgan fingerprint density at radius 3 is 2.50 bits per heavy atom. The summed E-state index contributed by atoms with van der Waals surface area (Å²) in [5.41, 5.74) is -0.977. The molecule has 0 N–H and O–H groups in total. The third-order valence-corrected chi connectivity index (χ3v) is 5.93. The van der Waals surface area contributed by atoms with Gasteiger partial charge in [0.05, 0.1) is 21.4 Å². The fourth-order valence-corrected chi connectivity index (χ4v) is 4.15. The van der Waals surface area contributed by atoms with Gasteiger partial charge in [-0.2, -0.15) is 0 Å². The maximum atomic E-state index is 12.1. The highest BCUT2D eigenvalue weighted by atomic mass is 35.5. The van der Waals surface area contributed by atoms with Crippen molar-refractivity contribution in [3.05, 3.63) is 55.2 Å². The lowest BCUT2D eigenvalue weighted by Crippen LogP contribution is -2.30. The molecule has 0 spiro atoms. The first-order valence-corrected chi connectivity index (χ1v) is 10.7. The summed E-state index contributed by atoms with van der Waals surface area (Å²) in [6, 6.07) is 6.32. The molecule has 0 atom stereocenters. The van der Waals surface area contributed by atoms with Gasteiger partial charge in [0, 0.05) is 24.2 Å². The van der Waals surface area contributed by atoms with Crippen molar-refractivity contribution in [2.45, 2.75) is 11.4 Å². The fraction of sp³-hybridized carbons (Fsp3) is 0.250. The van der Waals surface area contributed by atoms with E-state index in [9.17, 15) is 28.1 Å². The van der Waals surface area contributed by atoms with Crippen LogP contribution < -0.4 is 0 Å². The van der Waals surface area contributed by atoms with E-state index in [1.54, 1.807) is 12.1 Å². The van der Waals surface area contributed by atoms with Crippen molar-refractivity contribution in [2.75, 3.05) is 19.9 Å². The van der Waals surface area contributed by atoms with Crippen LogP contribution in [0, 0.1) is 10.1 Å². The standard InChI is InChI=1S/C16H15ClN2O7S2/c1-18(8-11-4-6-14(17)27-11)15(20)9-26-16(21)10-3-5-13(28(2,24)25)12(7-10)19(22)23/h3-7H,8-9H2,1-2H3. The van der Waals surface area contributed by atoms with Gasteiger partial charge in [-0.25, -0.2) is 13.2 Å². The molecule has 150 valence electrons. The molecule has 1 aromatic carbocycles. The lowest BCUT2D eigenvalue weighted by molar-refractivity contribution is -0.387. The second kappa shape index (κ2) is 8.67. The Bertz CT molecular complexity index is 1030. The second-order valence-corrected chi connectivity index (χ2v) is 9.53. The van der Waals surface area contributed by atoms with Crippen LogP contribution >= 0.6 is 22.9 Å². The summed E-state index contributed by atoms with van der Waals surface area (Å²) in [5.74, 6) is -1.47. The number of esters is 1. The second-order valence-electron chi connectivity index (χ2n) is 5.74. The van der Waals surface area contributed by atoms with Crippen molar-refractivity contribution in [3.8, 4) is 0 Å². The molecule has 0 saturated heterocycles. The molecule has 1 aromatic heterocycles. The minimum Gasteiger partial charge on any atom is -0.452 e. The Morgan fingerprint density at radius 2 is 1.96 bits per heavy atom. The van der Waals surface area contributed by atoms with E-state index in [4.69, 9.17) is 16.3 Å². The molecule has 0 fully saturated rings. The Balaban J connectivity index is 2.05. The van der Waals surface area contributed by atoms with Crippen LogP contribution in [0.25, 0.3) is 0 Å². The van der Waals surface area contributed by atoms with Crippen LogP contribution in [0.15, 0.2) is 35.2 Å². The number of halogens is 1. The van der Waals surface area contributed by atoms with Crippen LogP contribution in [0.4, 0.5) is 5.69 Å². The monoisotopic (exact) mass is 446 g/mol. The lowest BCUT2D eigenvalue weighted by Gasteiger charge is -2.16. The summed E-state index contributed by atoms with van der Waals surface area (Å²) in [5, 5.41) is 11.1. The first-order chi connectivity index (χ1) is 13.0. The number of rotatable bonds is 7. The number of nitrogens with zero attached hydrogens (tertiary/aromatic N) is 2. The number of benzene rings is 1. The average molecular weight is 447 g/mol. The van der Waals surface area contributed by atoms with Crippen molar-refractivity contribution in [2.24, 2.45) is 0 Å². The van der Waals surface area contributed by atoms with Crippen LogP contribution in [0.1, 0.15) is 15.2 Å². The van der Waals surface area contributed by atoms with E-state index in [2.05, 4.69) is 0 Å². The molecule has 2 rings (SSSR count). The molecule has 0 radical (unpaired) electrons. The van der Waals surface area contributed by atoms with Crippen LogP contribution in [0.5, 0.6) is 0 Å². The Kier molecular flexibility index (Phi) is 6.75. The van der Waals surface area contributed by atoms with Crippen LogP contribution in [-0.2, 0) is 25.9 Å². The van der Waals surface area contributed by atoms with E-state index in [-0.39, 0.29) is 12.1 Å². The summed E-state index contributed by atoms with van der Waals surface area (Å²) < 4.78 is 28.7. The molecule has 1 heterocycles. The highest BCUT2D eigenvalue weighted by molar-refractivity contribution is 7.90. The van der Waals surface area contributed by atoms with Gasteiger partial charge in [0.2, 0.25) is 0 Å². The summed E-state index contributed by atoms with van der Waals surface area (Å²) in [6.07, 6.45) is 0.822. The number of sulfone groups is 1. The molecule has 0 unspecified atom stereocenters. The largest absolute Gasteiger partial charge is 0.452 e. The summed E-state index contributed by atoms with van der Waals surface area (Å²) >= 11 is 7.14. The number of nitro groups is 1. The third-order valence-electron chi connectivity index (χ3n) is 3.57. The molecule has 0 saturated carbocycles. The van der Waals surface area contributed by atoms with E-state index >= 15 is 0 Å². The van der Waals surface area contributed by atoms with Crippen molar-refractivity contribution in [1.82, 2.24) is 4.90 Å². The highest BCUT2D eigenvalue weighted by Gasteiger charge is 2.25. The molecule has 12 heteroatoms. The van der Waals surface area contributed by atoms with Gasteiger partial charge in [-0.3, -0.25) is 14.9 Å². The predicted molar refractivity (Wildman–Crippen MR) is 102 cm³/mol. The first kappa shape index (κ1) is 21.8. The normalized spacial score (nSPS) is 11.1. The van der Waals surface area contributed by atoms with E-state index < -0.39 is 43.8 Å². The first-order valence-electron chi connectivity index (χ1n) is 7.63. The Morgan fingerprint density at radius 1 is 1.29 bits per heavy atom. The number of ether oxygens (including phenoxy) is 1. The Hall–Kier alpha value is -2.50. The number of likely N-dealkylation sites (N-methyl/N-ethyl adjacent to an activating group) is 1.